The Balaban J connectivity index is 2.10. The Morgan fingerprint density at radius 2 is 1.53 bits per heavy atom. The summed E-state index contributed by atoms with van der Waals surface area (Å²) in [7, 11) is 0. The number of nitrogens with one attached hydrogen (secondary N) is 1. The lowest BCUT2D eigenvalue weighted by atomic mass is 9.96. The zero-order chi connectivity index (χ0) is 13.7. The monoisotopic (exact) mass is 254 g/mol. The Bertz CT molecular complexity index is 488. The summed E-state index contributed by atoms with van der Waals surface area (Å²) in [6.07, 6.45) is 0.902. The van der Waals surface area contributed by atoms with Gasteiger partial charge in [-0.2, -0.15) is 0 Å². The number of rotatable bonds is 5. The molecule has 0 aliphatic rings. The van der Waals surface area contributed by atoms with Gasteiger partial charge in [0.2, 0.25) is 0 Å². The molecule has 1 atom stereocenters. The summed E-state index contributed by atoms with van der Waals surface area (Å²) in [6.45, 7) is 4.42. The summed E-state index contributed by atoms with van der Waals surface area (Å²) in [5, 5.41) is 0. The minimum atomic E-state index is 0.158. The molecule has 0 saturated heterocycles. The van der Waals surface area contributed by atoms with Crippen molar-refractivity contribution < 1.29 is 0 Å². The molecule has 0 amide bonds. The maximum absolute atomic E-state index is 5.68. The zero-order valence-electron chi connectivity index (χ0n) is 11.6. The van der Waals surface area contributed by atoms with Gasteiger partial charge in [-0.3, -0.25) is 11.3 Å². The third-order valence-electron chi connectivity index (χ3n) is 3.49. The molecular formula is C17H22N2. The van der Waals surface area contributed by atoms with Crippen molar-refractivity contribution in [2.75, 3.05) is 0 Å². The van der Waals surface area contributed by atoms with E-state index in [2.05, 4.69) is 55.7 Å². The van der Waals surface area contributed by atoms with E-state index in [1.807, 2.05) is 18.2 Å². The highest BCUT2D eigenvalue weighted by Crippen LogP contribution is 2.20. The van der Waals surface area contributed by atoms with Crippen molar-refractivity contribution in [1.82, 2.24) is 5.43 Å². The van der Waals surface area contributed by atoms with E-state index in [9.17, 15) is 0 Å². The van der Waals surface area contributed by atoms with Crippen molar-refractivity contribution in [3.8, 4) is 0 Å². The Kier molecular flexibility index (Phi) is 4.72. The largest absolute Gasteiger partial charge is 0.271 e. The summed E-state index contributed by atoms with van der Waals surface area (Å²) >= 11 is 0. The summed E-state index contributed by atoms with van der Waals surface area (Å²) in [5.74, 6) is 6.26. The van der Waals surface area contributed by atoms with Crippen molar-refractivity contribution >= 4 is 0 Å². The fraction of sp³-hybridized carbons (Fsp3) is 0.294. The molecule has 0 saturated carbocycles. The van der Waals surface area contributed by atoms with Crippen LogP contribution in [0.5, 0.6) is 0 Å². The van der Waals surface area contributed by atoms with E-state index in [1.165, 1.54) is 16.7 Å². The van der Waals surface area contributed by atoms with Gasteiger partial charge in [-0.1, -0.05) is 68.4 Å². The molecule has 2 aromatic carbocycles. The molecular weight excluding hydrogens is 232 g/mol. The highest BCUT2D eigenvalue weighted by Gasteiger charge is 2.10. The van der Waals surface area contributed by atoms with Gasteiger partial charge in [-0.05, 0) is 29.0 Å². The molecule has 0 radical (unpaired) electrons. The maximum Gasteiger partial charge on any atom is 0.0500 e. The van der Waals surface area contributed by atoms with Gasteiger partial charge in [0.05, 0.1) is 0 Å². The maximum atomic E-state index is 5.68. The van der Waals surface area contributed by atoms with E-state index in [1.54, 1.807) is 0 Å². The van der Waals surface area contributed by atoms with Gasteiger partial charge >= 0.3 is 0 Å². The standard InChI is InChI=1S/C17H22N2/c1-13(2)15-10-8-14(9-11-15)12-17(19-18)16-6-4-3-5-7-16/h3-11,13,17,19H,12,18H2,1-2H3. The van der Waals surface area contributed by atoms with Gasteiger partial charge in [0.1, 0.15) is 0 Å². The lowest BCUT2D eigenvalue weighted by Crippen LogP contribution is -2.29. The number of hydrogen-bond donors (Lipinski definition) is 2. The topological polar surface area (TPSA) is 38.0 Å². The van der Waals surface area contributed by atoms with Crippen LogP contribution in [0.1, 0.15) is 42.5 Å². The van der Waals surface area contributed by atoms with Gasteiger partial charge < -0.3 is 0 Å². The molecule has 2 aromatic rings. The van der Waals surface area contributed by atoms with Gasteiger partial charge in [-0.25, -0.2) is 0 Å². The number of hydrazine groups is 1. The van der Waals surface area contributed by atoms with Crippen LogP contribution in [0.2, 0.25) is 0 Å². The Labute approximate surface area is 115 Å². The van der Waals surface area contributed by atoms with E-state index in [0.29, 0.717) is 5.92 Å². The van der Waals surface area contributed by atoms with Crippen molar-refractivity contribution in [2.24, 2.45) is 5.84 Å². The lowest BCUT2D eigenvalue weighted by Gasteiger charge is -2.17. The van der Waals surface area contributed by atoms with E-state index in [-0.39, 0.29) is 6.04 Å². The fourth-order valence-corrected chi connectivity index (χ4v) is 2.23. The van der Waals surface area contributed by atoms with Crippen LogP contribution < -0.4 is 11.3 Å². The molecule has 2 heteroatoms. The second-order valence-electron chi connectivity index (χ2n) is 5.23. The van der Waals surface area contributed by atoms with Crippen LogP contribution in [-0.4, -0.2) is 0 Å². The molecule has 2 rings (SSSR count). The normalized spacial score (nSPS) is 12.6. The molecule has 1 unspecified atom stereocenters. The fourth-order valence-electron chi connectivity index (χ4n) is 2.23. The summed E-state index contributed by atoms with van der Waals surface area (Å²) in [4.78, 5) is 0. The molecule has 0 fully saturated rings. The summed E-state index contributed by atoms with van der Waals surface area (Å²) in [6, 6.07) is 19.3. The lowest BCUT2D eigenvalue weighted by molar-refractivity contribution is 0.552. The second kappa shape index (κ2) is 6.50. The minimum absolute atomic E-state index is 0.158. The minimum Gasteiger partial charge on any atom is -0.271 e. The molecule has 0 heterocycles. The Morgan fingerprint density at radius 3 is 2.05 bits per heavy atom. The molecule has 0 aliphatic heterocycles. The molecule has 0 bridgehead atoms. The average molecular weight is 254 g/mol. The molecule has 0 aliphatic carbocycles. The Hall–Kier alpha value is -1.64. The van der Waals surface area contributed by atoms with Crippen LogP contribution in [-0.2, 0) is 6.42 Å². The smallest absolute Gasteiger partial charge is 0.0500 e. The van der Waals surface area contributed by atoms with Crippen LogP contribution in [0.25, 0.3) is 0 Å². The zero-order valence-corrected chi connectivity index (χ0v) is 11.6. The highest BCUT2D eigenvalue weighted by atomic mass is 15.2. The first-order valence-electron chi connectivity index (χ1n) is 6.80. The first kappa shape index (κ1) is 13.8. The number of benzene rings is 2. The van der Waals surface area contributed by atoms with Crippen molar-refractivity contribution in [3.05, 3.63) is 71.3 Å². The van der Waals surface area contributed by atoms with Crippen LogP contribution in [0.3, 0.4) is 0 Å². The third-order valence-corrected chi connectivity index (χ3v) is 3.49. The molecule has 3 N–H and O–H groups in total. The van der Waals surface area contributed by atoms with E-state index in [4.69, 9.17) is 5.84 Å². The molecule has 19 heavy (non-hydrogen) atoms. The molecule has 2 nitrogen and oxygen atoms in total. The quantitative estimate of drug-likeness (QED) is 0.632. The predicted molar refractivity (Wildman–Crippen MR) is 80.7 cm³/mol. The molecule has 0 spiro atoms. The van der Waals surface area contributed by atoms with Crippen molar-refractivity contribution in [2.45, 2.75) is 32.2 Å². The first-order chi connectivity index (χ1) is 9.20. The molecule has 0 aromatic heterocycles. The van der Waals surface area contributed by atoms with E-state index < -0.39 is 0 Å². The summed E-state index contributed by atoms with van der Waals surface area (Å²) in [5.41, 5.74) is 6.80. The third kappa shape index (κ3) is 3.66. The van der Waals surface area contributed by atoms with Gasteiger partial charge in [0.15, 0.2) is 0 Å². The average Bonchev–Trinajstić information content (AvgIpc) is 2.46. The summed E-state index contributed by atoms with van der Waals surface area (Å²) < 4.78 is 0. The van der Waals surface area contributed by atoms with Crippen LogP contribution >= 0.6 is 0 Å². The van der Waals surface area contributed by atoms with Crippen molar-refractivity contribution in [3.63, 3.8) is 0 Å². The first-order valence-corrected chi connectivity index (χ1v) is 6.80. The van der Waals surface area contributed by atoms with E-state index in [0.717, 1.165) is 6.42 Å². The molecule has 100 valence electrons. The van der Waals surface area contributed by atoms with Crippen molar-refractivity contribution in [1.29, 1.82) is 0 Å². The van der Waals surface area contributed by atoms with Crippen LogP contribution in [0.15, 0.2) is 54.6 Å². The predicted octanol–water partition coefficient (Wildman–Crippen LogP) is 3.56. The van der Waals surface area contributed by atoms with Gasteiger partial charge in [0, 0.05) is 6.04 Å². The van der Waals surface area contributed by atoms with Gasteiger partial charge in [0.25, 0.3) is 0 Å². The Morgan fingerprint density at radius 1 is 0.895 bits per heavy atom. The second-order valence-corrected chi connectivity index (χ2v) is 5.23. The number of nitrogens with two attached hydrogens (primary N) is 1. The van der Waals surface area contributed by atoms with Crippen LogP contribution in [0.4, 0.5) is 0 Å². The van der Waals surface area contributed by atoms with E-state index >= 15 is 0 Å². The van der Waals surface area contributed by atoms with Crippen LogP contribution in [0, 0.1) is 0 Å². The van der Waals surface area contributed by atoms with Gasteiger partial charge in [-0.15, -0.1) is 0 Å². The SMILES string of the molecule is CC(C)c1ccc(CC(NN)c2ccccc2)cc1. The highest BCUT2D eigenvalue weighted by molar-refractivity contribution is 5.27. The number of hydrogen-bond acceptors (Lipinski definition) is 2.